The van der Waals surface area contributed by atoms with Gasteiger partial charge in [-0.15, -0.1) is 0 Å². The van der Waals surface area contributed by atoms with Gasteiger partial charge in [0.25, 0.3) is 0 Å². The van der Waals surface area contributed by atoms with Crippen molar-refractivity contribution in [3.63, 3.8) is 0 Å². The summed E-state index contributed by atoms with van der Waals surface area (Å²) in [5.41, 5.74) is 8.07. The van der Waals surface area contributed by atoms with Crippen molar-refractivity contribution >= 4 is 17.9 Å². The summed E-state index contributed by atoms with van der Waals surface area (Å²) in [6, 6.07) is 13.4. The summed E-state index contributed by atoms with van der Waals surface area (Å²) in [5.74, 6) is -0.160. The lowest BCUT2D eigenvalue weighted by Crippen LogP contribution is -2.09. The fourth-order valence-electron chi connectivity index (χ4n) is 1.98. The zero-order valence-corrected chi connectivity index (χ0v) is 12.2. The molecular formula is C17H19N3O2. The number of hydrogen-bond donors (Lipinski definition) is 3. The topological polar surface area (TPSA) is 88.2 Å². The maximum Gasteiger partial charge on any atom is 0.328 e. The molecule has 1 aromatic heterocycles. The van der Waals surface area contributed by atoms with Gasteiger partial charge in [0.2, 0.25) is 0 Å². The van der Waals surface area contributed by atoms with Gasteiger partial charge < -0.3 is 16.2 Å². The Morgan fingerprint density at radius 2 is 2.09 bits per heavy atom. The molecule has 5 heteroatoms. The SMILES string of the molecule is NCCCNc1cccc(-c2cccc(/C=C/C(=O)O)c2)n1. The van der Waals surface area contributed by atoms with Gasteiger partial charge >= 0.3 is 5.97 Å². The van der Waals surface area contributed by atoms with Crippen molar-refractivity contribution in [1.29, 1.82) is 0 Å². The van der Waals surface area contributed by atoms with Crippen LogP contribution in [0.2, 0.25) is 0 Å². The Hall–Kier alpha value is -2.66. The highest BCUT2D eigenvalue weighted by molar-refractivity contribution is 5.85. The number of carboxylic acid groups (broad SMARTS) is 1. The molecule has 2 rings (SSSR count). The minimum atomic E-state index is -0.963. The number of nitrogens with two attached hydrogens (primary N) is 1. The van der Waals surface area contributed by atoms with E-state index >= 15 is 0 Å². The summed E-state index contributed by atoms with van der Waals surface area (Å²) in [7, 11) is 0. The monoisotopic (exact) mass is 297 g/mol. The van der Waals surface area contributed by atoms with Crippen LogP contribution in [0.25, 0.3) is 17.3 Å². The zero-order chi connectivity index (χ0) is 15.8. The van der Waals surface area contributed by atoms with Crippen LogP contribution in [0.1, 0.15) is 12.0 Å². The Balaban J connectivity index is 2.19. The molecule has 0 atom stereocenters. The maximum atomic E-state index is 10.6. The van der Waals surface area contributed by atoms with Crippen LogP contribution >= 0.6 is 0 Å². The van der Waals surface area contributed by atoms with Crippen molar-refractivity contribution in [2.45, 2.75) is 6.42 Å². The van der Waals surface area contributed by atoms with Crippen molar-refractivity contribution < 1.29 is 9.90 Å². The molecule has 22 heavy (non-hydrogen) atoms. The van der Waals surface area contributed by atoms with Gasteiger partial charge in [-0.25, -0.2) is 9.78 Å². The normalized spacial score (nSPS) is 10.8. The quantitative estimate of drug-likeness (QED) is 0.540. The standard InChI is InChI=1S/C17H19N3O2/c18-10-3-11-19-16-7-2-6-15(20-16)14-5-1-4-13(12-14)8-9-17(21)22/h1-2,4-9,12H,3,10-11,18H2,(H,19,20)(H,21,22)/b9-8+. The first-order valence-electron chi connectivity index (χ1n) is 7.11. The lowest BCUT2D eigenvalue weighted by atomic mass is 10.1. The van der Waals surface area contributed by atoms with E-state index in [1.54, 1.807) is 6.08 Å². The van der Waals surface area contributed by atoms with Crippen molar-refractivity contribution in [3.8, 4) is 11.3 Å². The maximum absolute atomic E-state index is 10.6. The minimum absolute atomic E-state index is 0.644. The first-order valence-corrected chi connectivity index (χ1v) is 7.11. The molecule has 1 heterocycles. The second-order valence-electron chi connectivity index (χ2n) is 4.77. The molecule has 0 saturated carbocycles. The first kappa shape index (κ1) is 15.7. The van der Waals surface area contributed by atoms with Crippen molar-refractivity contribution in [1.82, 2.24) is 4.98 Å². The van der Waals surface area contributed by atoms with Crippen LogP contribution < -0.4 is 11.1 Å². The zero-order valence-electron chi connectivity index (χ0n) is 12.2. The Kier molecular flexibility index (Phi) is 5.68. The summed E-state index contributed by atoms with van der Waals surface area (Å²) in [4.78, 5) is 15.1. The predicted molar refractivity (Wildman–Crippen MR) is 88.5 cm³/mol. The summed E-state index contributed by atoms with van der Waals surface area (Å²) < 4.78 is 0. The number of aliphatic carboxylic acids is 1. The van der Waals surface area contributed by atoms with Gasteiger partial charge in [0, 0.05) is 18.2 Å². The fourth-order valence-corrected chi connectivity index (χ4v) is 1.98. The Morgan fingerprint density at radius 3 is 2.86 bits per heavy atom. The molecule has 2 aromatic rings. The highest BCUT2D eigenvalue weighted by Gasteiger charge is 2.02. The molecule has 0 saturated heterocycles. The number of pyridine rings is 1. The molecule has 1 aromatic carbocycles. The average molecular weight is 297 g/mol. The second kappa shape index (κ2) is 7.95. The third-order valence-corrected chi connectivity index (χ3v) is 3.04. The van der Waals surface area contributed by atoms with E-state index in [-0.39, 0.29) is 0 Å². The van der Waals surface area contributed by atoms with E-state index in [1.807, 2.05) is 42.5 Å². The molecule has 0 aliphatic heterocycles. The molecule has 0 bridgehead atoms. The van der Waals surface area contributed by atoms with Gasteiger partial charge in [-0.2, -0.15) is 0 Å². The first-order chi connectivity index (χ1) is 10.7. The van der Waals surface area contributed by atoms with Crippen LogP contribution in [0.15, 0.2) is 48.5 Å². The summed E-state index contributed by atoms with van der Waals surface area (Å²) in [6.45, 7) is 1.43. The average Bonchev–Trinajstić information content (AvgIpc) is 2.54. The molecule has 5 nitrogen and oxygen atoms in total. The van der Waals surface area contributed by atoms with Gasteiger partial charge in [-0.05, 0) is 42.8 Å². The molecule has 0 spiro atoms. The fraction of sp³-hybridized carbons (Fsp3) is 0.176. The number of aromatic nitrogens is 1. The van der Waals surface area contributed by atoms with Crippen LogP contribution in [0.3, 0.4) is 0 Å². The van der Waals surface area contributed by atoms with Gasteiger partial charge in [0.05, 0.1) is 5.69 Å². The molecule has 0 radical (unpaired) electrons. The second-order valence-corrected chi connectivity index (χ2v) is 4.77. The molecule has 0 amide bonds. The Labute approximate surface area is 129 Å². The number of anilines is 1. The Bertz CT molecular complexity index is 668. The molecule has 114 valence electrons. The minimum Gasteiger partial charge on any atom is -0.478 e. The van der Waals surface area contributed by atoms with E-state index in [4.69, 9.17) is 10.8 Å². The predicted octanol–water partition coefficient (Wildman–Crippen LogP) is 2.61. The lowest BCUT2D eigenvalue weighted by Gasteiger charge is -2.07. The van der Waals surface area contributed by atoms with Gasteiger partial charge in [0.15, 0.2) is 0 Å². The number of carbonyl (C=O) groups is 1. The van der Waals surface area contributed by atoms with Crippen LogP contribution in [-0.4, -0.2) is 29.1 Å². The lowest BCUT2D eigenvalue weighted by molar-refractivity contribution is -0.131. The summed E-state index contributed by atoms with van der Waals surface area (Å²) >= 11 is 0. The van der Waals surface area contributed by atoms with Crippen molar-refractivity contribution in [3.05, 3.63) is 54.1 Å². The van der Waals surface area contributed by atoms with Crippen LogP contribution in [0.4, 0.5) is 5.82 Å². The molecule has 4 N–H and O–H groups in total. The molecule has 0 aliphatic carbocycles. The summed E-state index contributed by atoms with van der Waals surface area (Å²) in [6.07, 6.45) is 3.58. The molecule has 0 aliphatic rings. The van der Waals surface area contributed by atoms with Gasteiger partial charge in [-0.3, -0.25) is 0 Å². The van der Waals surface area contributed by atoms with Gasteiger partial charge in [0.1, 0.15) is 5.82 Å². The van der Waals surface area contributed by atoms with Crippen LogP contribution in [0.5, 0.6) is 0 Å². The van der Waals surface area contributed by atoms with Crippen LogP contribution in [0, 0.1) is 0 Å². The molecular weight excluding hydrogens is 278 g/mol. The van der Waals surface area contributed by atoms with E-state index in [9.17, 15) is 4.79 Å². The van der Waals surface area contributed by atoms with E-state index in [1.165, 1.54) is 0 Å². The molecule has 0 unspecified atom stereocenters. The van der Waals surface area contributed by atoms with Gasteiger partial charge in [-0.1, -0.05) is 24.3 Å². The molecule has 0 fully saturated rings. The van der Waals surface area contributed by atoms with Crippen LogP contribution in [-0.2, 0) is 4.79 Å². The van der Waals surface area contributed by atoms with Crippen molar-refractivity contribution in [2.24, 2.45) is 5.73 Å². The third-order valence-electron chi connectivity index (χ3n) is 3.04. The summed E-state index contributed by atoms with van der Waals surface area (Å²) in [5, 5.41) is 11.9. The van der Waals surface area contributed by atoms with E-state index in [2.05, 4.69) is 10.3 Å². The largest absolute Gasteiger partial charge is 0.478 e. The number of nitrogens with zero attached hydrogens (tertiary/aromatic N) is 1. The third kappa shape index (κ3) is 4.71. The van der Waals surface area contributed by atoms with E-state index in [0.717, 1.165) is 41.7 Å². The number of hydrogen-bond acceptors (Lipinski definition) is 4. The number of nitrogens with one attached hydrogen (secondary N) is 1. The smallest absolute Gasteiger partial charge is 0.328 e. The number of rotatable bonds is 7. The highest BCUT2D eigenvalue weighted by atomic mass is 16.4. The highest BCUT2D eigenvalue weighted by Crippen LogP contribution is 2.20. The van der Waals surface area contributed by atoms with E-state index < -0.39 is 5.97 Å². The number of carboxylic acids is 1. The van der Waals surface area contributed by atoms with E-state index in [0.29, 0.717) is 6.54 Å². The Morgan fingerprint density at radius 1 is 1.27 bits per heavy atom. The van der Waals surface area contributed by atoms with Crippen molar-refractivity contribution in [2.75, 3.05) is 18.4 Å². The number of benzene rings is 1.